The van der Waals surface area contributed by atoms with Crippen molar-refractivity contribution in [2.75, 3.05) is 44.0 Å². The van der Waals surface area contributed by atoms with Crippen LogP contribution in [0.25, 0.3) is 0 Å². The molecule has 0 saturated heterocycles. The number of benzene rings is 2. The highest BCUT2D eigenvalue weighted by molar-refractivity contribution is 6.03. The van der Waals surface area contributed by atoms with Crippen molar-refractivity contribution in [3.05, 3.63) is 52.6 Å². The molecule has 0 aliphatic carbocycles. The van der Waals surface area contributed by atoms with Crippen LogP contribution >= 0.6 is 12.4 Å². The van der Waals surface area contributed by atoms with Gasteiger partial charge >= 0.3 is 18.4 Å². The van der Waals surface area contributed by atoms with E-state index >= 15 is 0 Å². The summed E-state index contributed by atoms with van der Waals surface area (Å²) in [5.41, 5.74) is -1.37. The Kier molecular flexibility index (Phi) is 8.36. The molecule has 1 heterocycles. The van der Waals surface area contributed by atoms with Crippen molar-refractivity contribution >= 4 is 29.8 Å². The standard InChI is InChI=1S/C22H23F6N3O2.ClH/c1-13-10-14-6-7-31(18(14)12-16(13)21(23,24)25)20(32)29-15-4-5-19(33-9-8-30(2)3)17(11-15)22(26,27)28;/h4-5,10-12H,6-9H2,1-3H3,(H,29,32);1H. The Morgan fingerprint density at radius 3 is 2.29 bits per heavy atom. The predicted molar refractivity (Wildman–Crippen MR) is 119 cm³/mol. The van der Waals surface area contributed by atoms with E-state index in [9.17, 15) is 31.1 Å². The molecule has 0 radical (unpaired) electrons. The minimum absolute atomic E-state index is 0. The van der Waals surface area contributed by atoms with E-state index in [2.05, 4.69) is 5.32 Å². The average Bonchev–Trinajstić information content (AvgIpc) is 3.09. The molecule has 1 aliphatic rings. The minimum atomic E-state index is -4.73. The number of nitrogens with one attached hydrogen (secondary N) is 1. The fraction of sp³-hybridized carbons (Fsp3) is 0.409. The van der Waals surface area contributed by atoms with E-state index in [0.717, 1.165) is 23.1 Å². The van der Waals surface area contributed by atoms with Crippen LogP contribution in [0.3, 0.4) is 0 Å². The number of carbonyl (C=O) groups is 1. The first kappa shape index (κ1) is 27.6. The van der Waals surface area contributed by atoms with E-state index in [-0.39, 0.29) is 48.2 Å². The summed E-state index contributed by atoms with van der Waals surface area (Å²) in [6, 6.07) is 4.58. The number of ether oxygens (including phenoxy) is 1. The number of aryl methyl sites for hydroxylation is 1. The lowest BCUT2D eigenvalue weighted by atomic mass is 10.0. The summed E-state index contributed by atoms with van der Waals surface area (Å²) in [6.45, 7) is 1.89. The Morgan fingerprint density at radius 2 is 1.71 bits per heavy atom. The van der Waals surface area contributed by atoms with Gasteiger partial charge in [0.2, 0.25) is 0 Å². The highest BCUT2D eigenvalue weighted by atomic mass is 35.5. The van der Waals surface area contributed by atoms with Gasteiger partial charge in [0.05, 0.1) is 11.1 Å². The van der Waals surface area contributed by atoms with Crippen LogP contribution in [0.5, 0.6) is 5.75 Å². The third-order valence-electron chi connectivity index (χ3n) is 5.20. The van der Waals surface area contributed by atoms with Crippen LogP contribution in [0.4, 0.5) is 42.5 Å². The van der Waals surface area contributed by atoms with Gasteiger partial charge in [-0.2, -0.15) is 26.3 Å². The number of urea groups is 1. The van der Waals surface area contributed by atoms with Crippen LogP contribution in [0.2, 0.25) is 0 Å². The molecule has 0 fully saturated rings. The molecule has 0 bridgehead atoms. The zero-order valence-electron chi connectivity index (χ0n) is 18.6. The molecule has 1 aliphatic heterocycles. The van der Waals surface area contributed by atoms with Gasteiger partial charge in [0.1, 0.15) is 12.4 Å². The van der Waals surface area contributed by atoms with E-state index in [1.807, 2.05) is 0 Å². The smallest absolute Gasteiger partial charge is 0.420 e. The molecular formula is C22H24ClF6N3O2. The number of rotatable bonds is 5. The van der Waals surface area contributed by atoms with Gasteiger partial charge in [-0.15, -0.1) is 12.4 Å². The van der Waals surface area contributed by atoms with E-state index in [1.54, 1.807) is 19.0 Å². The third kappa shape index (κ3) is 6.26. The van der Waals surface area contributed by atoms with Gasteiger partial charge in [-0.05, 0) is 62.8 Å². The summed E-state index contributed by atoms with van der Waals surface area (Å²) in [4.78, 5) is 15.6. The molecule has 2 aromatic rings. The SMILES string of the molecule is Cc1cc2c(cc1C(F)(F)F)N(C(=O)Nc1ccc(OCCN(C)C)c(C(F)(F)F)c1)CC2.Cl. The summed E-state index contributed by atoms with van der Waals surface area (Å²) in [6.07, 6.45) is -8.98. The fourth-order valence-corrected chi connectivity index (χ4v) is 3.56. The van der Waals surface area contributed by atoms with Gasteiger partial charge in [-0.25, -0.2) is 4.79 Å². The summed E-state index contributed by atoms with van der Waals surface area (Å²) in [5, 5.41) is 2.35. The molecule has 0 saturated carbocycles. The molecule has 2 aromatic carbocycles. The summed E-state index contributed by atoms with van der Waals surface area (Å²) in [7, 11) is 3.50. The quantitative estimate of drug-likeness (QED) is 0.502. The Balaban J connectivity index is 0.00000408. The number of anilines is 2. The highest BCUT2D eigenvalue weighted by Gasteiger charge is 2.37. The Bertz CT molecular complexity index is 1040. The third-order valence-corrected chi connectivity index (χ3v) is 5.20. The zero-order chi connectivity index (χ0) is 24.6. The first-order chi connectivity index (χ1) is 15.3. The minimum Gasteiger partial charge on any atom is -0.492 e. The van der Waals surface area contributed by atoms with Gasteiger partial charge in [-0.1, -0.05) is 6.07 Å². The molecule has 3 rings (SSSR count). The molecule has 0 atom stereocenters. The van der Waals surface area contributed by atoms with Crippen LogP contribution in [0.15, 0.2) is 30.3 Å². The first-order valence-corrected chi connectivity index (χ1v) is 10.1. The zero-order valence-corrected chi connectivity index (χ0v) is 19.4. The van der Waals surface area contributed by atoms with E-state index < -0.39 is 29.5 Å². The molecule has 2 amide bonds. The summed E-state index contributed by atoms with van der Waals surface area (Å²) in [5.74, 6) is -0.376. The molecule has 0 unspecified atom stereocenters. The average molecular weight is 512 g/mol. The summed E-state index contributed by atoms with van der Waals surface area (Å²) >= 11 is 0. The Hall–Kier alpha value is -2.66. The normalized spacial score (nSPS) is 13.5. The van der Waals surface area contributed by atoms with Crippen LogP contribution in [-0.4, -0.2) is 44.7 Å². The van der Waals surface area contributed by atoms with Crippen LogP contribution < -0.4 is 15.0 Å². The molecular weight excluding hydrogens is 488 g/mol. The number of amides is 2. The Labute approximate surface area is 199 Å². The monoisotopic (exact) mass is 511 g/mol. The molecule has 5 nitrogen and oxygen atoms in total. The number of hydrogen-bond acceptors (Lipinski definition) is 3. The van der Waals surface area contributed by atoms with Crippen LogP contribution in [0.1, 0.15) is 22.3 Å². The van der Waals surface area contributed by atoms with Crippen molar-refractivity contribution in [1.29, 1.82) is 0 Å². The number of fused-ring (bicyclic) bond motifs is 1. The van der Waals surface area contributed by atoms with E-state index in [4.69, 9.17) is 4.74 Å². The second-order valence-electron chi connectivity index (χ2n) is 7.99. The fourth-order valence-electron chi connectivity index (χ4n) is 3.56. The number of nitrogens with zero attached hydrogens (tertiary/aromatic N) is 2. The number of likely N-dealkylation sites (N-methyl/N-ethyl adjacent to an activating group) is 1. The lowest BCUT2D eigenvalue weighted by Crippen LogP contribution is -2.33. The first-order valence-electron chi connectivity index (χ1n) is 10.1. The van der Waals surface area contributed by atoms with Gasteiger partial charge < -0.3 is 15.0 Å². The van der Waals surface area contributed by atoms with Crippen LogP contribution in [-0.2, 0) is 18.8 Å². The molecule has 188 valence electrons. The second-order valence-corrected chi connectivity index (χ2v) is 7.99. The summed E-state index contributed by atoms with van der Waals surface area (Å²) < 4.78 is 85.7. The molecule has 0 spiro atoms. The largest absolute Gasteiger partial charge is 0.492 e. The second kappa shape index (κ2) is 10.3. The number of alkyl halides is 6. The van der Waals surface area contributed by atoms with Crippen molar-refractivity contribution in [2.45, 2.75) is 25.7 Å². The number of carbonyl (C=O) groups excluding carboxylic acids is 1. The van der Waals surface area contributed by atoms with Crippen molar-refractivity contribution in [3.63, 3.8) is 0 Å². The highest BCUT2D eigenvalue weighted by Crippen LogP contribution is 2.40. The van der Waals surface area contributed by atoms with E-state index in [1.165, 1.54) is 19.1 Å². The van der Waals surface area contributed by atoms with Gasteiger partial charge in [0, 0.05) is 24.5 Å². The maximum atomic E-state index is 13.5. The van der Waals surface area contributed by atoms with Crippen molar-refractivity contribution in [3.8, 4) is 5.75 Å². The van der Waals surface area contributed by atoms with Crippen molar-refractivity contribution in [1.82, 2.24) is 4.90 Å². The van der Waals surface area contributed by atoms with Crippen molar-refractivity contribution in [2.24, 2.45) is 0 Å². The molecule has 12 heteroatoms. The maximum Gasteiger partial charge on any atom is 0.420 e. The lowest BCUT2D eigenvalue weighted by Gasteiger charge is -2.21. The number of hydrogen-bond donors (Lipinski definition) is 1. The maximum absolute atomic E-state index is 13.5. The number of halogens is 7. The van der Waals surface area contributed by atoms with E-state index in [0.29, 0.717) is 18.5 Å². The van der Waals surface area contributed by atoms with Gasteiger partial charge in [0.15, 0.2) is 0 Å². The molecule has 0 aromatic heterocycles. The Morgan fingerprint density at radius 1 is 1.06 bits per heavy atom. The predicted octanol–water partition coefficient (Wildman–Crippen LogP) is 5.99. The lowest BCUT2D eigenvalue weighted by molar-refractivity contribution is -0.139. The van der Waals surface area contributed by atoms with Gasteiger partial charge in [0.25, 0.3) is 0 Å². The molecule has 1 N–H and O–H groups in total. The van der Waals surface area contributed by atoms with Gasteiger partial charge in [-0.3, -0.25) is 4.90 Å². The topological polar surface area (TPSA) is 44.8 Å². The van der Waals surface area contributed by atoms with Crippen molar-refractivity contribution < 1.29 is 35.9 Å². The van der Waals surface area contributed by atoms with Crippen LogP contribution in [0, 0.1) is 6.92 Å². The molecule has 34 heavy (non-hydrogen) atoms.